The molecule has 0 spiro atoms. The molecule has 4 heteroatoms. The van der Waals surface area contributed by atoms with Crippen molar-refractivity contribution in [1.29, 1.82) is 0 Å². The smallest absolute Gasteiger partial charge is 0.152 e. The number of aldehydes is 2. The van der Waals surface area contributed by atoms with Gasteiger partial charge in [-0.05, 0) is 17.5 Å². The average Bonchev–Trinajstić information content (AvgIpc) is 2.44. The molecule has 0 N–H and O–H groups in total. The summed E-state index contributed by atoms with van der Waals surface area (Å²) >= 11 is 0. The minimum atomic E-state index is 0.476. The molecule has 19 heavy (non-hydrogen) atoms. The molecule has 0 unspecified atom stereocenters. The molecule has 0 radical (unpaired) electrons. The highest BCUT2D eigenvalue weighted by atomic mass is 16.5. The summed E-state index contributed by atoms with van der Waals surface area (Å²) in [5, 5.41) is 1.56. The minimum Gasteiger partial charge on any atom is -0.496 e. The van der Waals surface area contributed by atoms with E-state index in [1.807, 2.05) is 37.2 Å². The number of hydrogen-bond donors (Lipinski definition) is 0. The number of nitrogens with zero attached hydrogens (tertiary/aromatic N) is 1. The molecule has 0 atom stereocenters. The van der Waals surface area contributed by atoms with Gasteiger partial charge in [0.25, 0.3) is 0 Å². The molecule has 0 heterocycles. The van der Waals surface area contributed by atoms with Crippen LogP contribution < -0.4 is 9.64 Å². The van der Waals surface area contributed by atoms with Crippen LogP contribution in [0.4, 0.5) is 5.69 Å². The first kappa shape index (κ1) is 13.1. The Morgan fingerprint density at radius 3 is 2.32 bits per heavy atom. The van der Waals surface area contributed by atoms with Gasteiger partial charge in [0.15, 0.2) is 12.6 Å². The Morgan fingerprint density at radius 1 is 1.11 bits per heavy atom. The van der Waals surface area contributed by atoms with Gasteiger partial charge in [-0.25, -0.2) is 0 Å². The van der Waals surface area contributed by atoms with Crippen LogP contribution in [0.25, 0.3) is 10.8 Å². The van der Waals surface area contributed by atoms with Gasteiger partial charge >= 0.3 is 0 Å². The van der Waals surface area contributed by atoms with Crippen molar-refractivity contribution >= 4 is 29.0 Å². The van der Waals surface area contributed by atoms with Crippen molar-refractivity contribution in [3.8, 4) is 5.75 Å². The summed E-state index contributed by atoms with van der Waals surface area (Å²) in [6, 6.07) is 7.10. The quantitative estimate of drug-likeness (QED) is 0.790. The third-order valence-electron chi connectivity index (χ3n) is 3.08. The standard InChI is InChI=1S/C15H15NO3/c1-16(2)15-11(9-18)7-10(8-17)12-5-4-6-13(19-3)14(12)15/h4-9H,1-3H3. The number of anilines is 1. The maximum Gasteiger partial charge on any atom is 0.152 e. The Labute approximate surface area is 111 Å². The normalized spacial score (nSPS) is 10.3. The molecule has 0 aliphatic carbocycles. The van der Waals surface area contributed by atoms with Gasteiger partial charge in [0.2, 0.25) is 0 Å². The fraction of sp³-hybridized carbons (Fsp3) is 0.200. The number of benzene rings is 2. The van der Waals surface area contributed by atoms with Gasteiger partial charge in [-0.15, -0.1) is 0 Å². The van der Waals surface area contributed by atoms with E-state index >= 15 is 0 Å². The van der Waals surface area contributed by atoms with E-state index in [9.17, 15) is 9.59 Å². The second-order valence-corrected chi connectivity index (χ2v) is 4.42. The zero-order chi connectivity index (χ0) is 14.0. The highest BCUT2D eigenvalue weighted by molar-refractivity contribution is 6.11. The molecule has 0 amide bonds. The van der Waals surface area contributed by atoms with Crippen LogP contribution in [0, 0.1) is 0 Å². The summed E-state index contributed by atoms with van der Waals surface area (Å²) in [7, 11) is 5.28. The van der Waals surface area contributed by atoms with E-state index in [1.54, 1.807) is 13.2 Å². The monoisotopic (exact) mass is 257 g/mol. The summed E-state index contributed by atoms with van der Waals surface area (Å²) in [4.78, 5) is 24.3. The van der Waals surface area contributed by atoms with Crippen LogP contribution >= 0.6 is 0 Å². The number of fused-ring (bicyclic) bond motifs is 1. The summed E-state index contributed by atoms with van der Waals surface area (Å²) in [5.74, 6) is 0.646. The lowest BCUT2D eigenvalue weighted by Crippen LogP contribution is -2.13. The van der Waals surface area contributed by atoms with Gasteiger partial charge in [0, 0.05) is 30.6 Å². The van der Waals surface area contributed by atoms with Gasteiger partial charge in [0.05, 0.1) is 12.8 Å². The van der Waals surface area contributed by atoms with Crippen molar-refractivity contribution in [2.75, 3.05) is 26.1 Å². The SMILES string of the molecule is COc1cccc2c(C=O)cc(C=O)c(N(C)C)c12. The van der Waals surface area contributed by atoms with Crippen molar-refractivity contribution in [2.45, 2.75) is 0 Å². The molecule has 0 aromatic heterocycles. The number of carbonyl (C=O) groups excluding carboxylic acids is 2. The van der Waals surface area contributed by atoms with Crippen molar-refractivity contribution in [3.05, 3.63) is 35.4 Å². The lowest BCUT2D eigenvalue weighted by atomic mass is 9.98. The first-order chi connectivity index (χ1) is 9.13. The topological polar surface area (TPSA) is 46.6 Å². The van der Waals surface area contributed by atoms with Gasteiger partial charge in [0.1, 0.15) is 5.75 Å². The third-order valence-corrected chi connectivity index (χ3v) is 3.08. The molecule has 0 aliphatic rings. The first-order valence-electron chi connectivity index (χ1n) is 5.85. The molecule has 2 aromatic rings. The first-order valence-corrected chi connectivity index (χ1v) is 5.85. The van der Waals surface area contributed by atoms with Crippen LogP contribution in [-0.2, 0) is 0 Å². The predicted octanol–water partition coefficient (Wildman–Crippen LogP) is 2.54. The number of rotatable bonds is 4. The van der Waals surface area contributed by atoms with Gasteiger partial charge in [-0.3, -0.25) is 9.59 Å². The second-order valence-electron chi connectivity index (χ2n) is 4.42. The summed E-state index contributed by atoms with van der Waals surface area (Å²) in [5.41, 5.74) is 1.72. The number of hydrogen-bond acceptors (Lipinski definition) is 4. The zero-order valence-corrected chi connectivity index (χ0v) is 11.1. The van der Waals surface area contributed by atoms with E-state index in [4.69, 9.17) is 4.74 Å². The van der Waals surface area contributed by atoms with E-state index < -0.39 is 0 Å². The number of carbonyl (C=O) groups is 2. The van der Waals surface area contributed by atoms with E-state index in [1.165, 1.54) is 0 Å². The molecule has 0 bridgehead atoms. The summed E-state index contributed by atoms with van der Waals surface area (Å²) in [6.45, 7) is 0. The van der Waals surface area contributed by atoms with E-state index in [2.05, 4.69) is 0 Å². The average molecular weight is 257 g/mol. The molecule has 0 fully saturated rings. The van der Waals surface area contributed by atoms with Crippen molar-refractivity contribution in [2.24, 2.45) is 0 Å². The van der Waals surface area contributed by atoms with Gasteiger partial charge in [-0.1, -0.05) is 12.1 Å². The van der Waals surface area contributed by atoms with Crippen molar-refractivity contribution in [3.63, 3.8) is 0 Å². The fourth-order valence-electron chi connectivity index (χ4n) is 2.31. The van der Waals surface area contributed by atoms with Crippen LogP contribution in [0.2, 0.25) is 0 Å². The summed E-state index contributed by atoms with van der Waals surface area (Å²) in [6.07, 6.45) is 1.52. The maximum absolute atomic E-state index is 11.3. The van der Waals surface area contributed by atoms with Crippen LogP contribution in [-0.4, -0.2) is 33.8 Å². The molecular weight excluding hydrogens is 242 g/mol. The fourth-order valence-corrected chi connectivity index (χ4v) is 2.31. The minimum absolute atomic E-state index is 0.476. The van der Waals surface area contributed by atoms with Gasteiger partial charge in [-0.2, -0.15) is 0 Å². The number of methoxy groups -OCH3 is 1. The van der Waals surface area contributed by atoms with Crippen LogP contribution in [0.1, 0.15) is 20.7 Å². The largest absolute Gasteiger partial charge is 0.496 e. The lowest BCUT2D eigenvalue weighted by molar-refractivity contribution is 0.112. The zero-order valence-electron chi connectivity index (χ0n) is 11.1. The Bertz CT molecular complexity index is 647. The molecule has 4 nitrogen and oxygen atoms in total. The van der Waals surface area contributed by atoms with Crippen molar-refractivity contribution < 1.29 is 14.3 Å². The van der Waals surface area contributed by atoms with E-state index in [0.717, 1.165) is 29.0 Å². The Kier molecular flexibility index (Phi) is 3.51. The van der Waals surface area contributed by atoms with Crippen LogP contribution in [0.15, 0.2) is 24.3 Å². The number of ether oxygens (including phenoxy) is 1. The molecule has 98 valence electrons. The van der Waals surface area contributed by atoms with Crippen LogP contribution in [0.3, 0.4) is 0 Å². The Balaban J connectivity index is 3.03. The summed E-state index contributed by atoms with van der Waals surface area (Å²) < 4.78 is 5.36. The molecule has 0 saturated carbocycles. The highest BCUT2D eigenvalue weighted by Gasteiger charge is 2.16. The molecule has 0 aliphatic heterocycles. The maximum atomic E-state index is 11.3. The van der Waals surface area contributed by atoms with Crippen molar-refractivity contribution in [1.82, 2.24) is 0 Å². The Morgan fingerprint density at radius 2 is 1.79 bits per heavy atom. The highest BCUT2D eigenvalue weighted by Crippen LogP contribution is 2.37. The molecular formula is C15H15NO3. The van der Waals surface area contributed by atoms with E-state index in [0.29, 0.717) is 16.9 Å². The van der Waals surface area contributed by atoms with Crippen LogP contribution in [0.5, 0.6) is 5.75 Å². The molecule has 2 aromatic carbocycles. The van der Waals surface area contributed by atoms with E-state index in [-0.39, 0.29) is 0 Å². The predicted molar refractivity (Wildman–Crippen MR) is 75.6 cm³/mol. The lowest BCUT2D eigenvalue weighted by Gasteiger charge is -2.20. The van der Waals surface area contributed by atoms with Gasteiger partial charge < -0.3 is 9.64 Å². The molecule has 2 rings (SSSR count). The Hall–Kier alpha value is -2.36. The second kappa shape index (κ2) is 5.10. The molecule has 0 saturated heterocycles. The third kappa shape index (κ3) is 2.05.